The first kappa shape index (κ1) is 23.2. The molecule has 1 aliphatic heterocycles. The van der Waals surface area contributed by atoms with E-state index in [1.807, 2.05) is 44.3 Å². The SMILES string of the molecule is Cc1c(Cl)cccc1NC(=O)N(C)CC1CC(Oc2ccc(CN3CCCC3)c(Cl)c2)C1. The molecule has 2 aromatic carbocycles. The quantitative estimate of drug-likeness (QED) is 0.516. The van der Waals surface area contributed by atoms with Crippen LogP contribution in [0.3, 0.4) is 0 Å². The zero-order valence-electron chi connectivity index (χ0n) is 18.7. The highest BCUT2D eigenvalue weighted by molar-refractivity contribution is 6.32. The van der Waals surface area contributed by atoms with Gasteiger partial charge in [-0.15, -0.1) is 0 Å². The Morgan fingerprint density at radius 1 is 1.16 bits per heavy atom. The van der Waals surface area contributed by atoms with Gasteiger partial charge in [0.1, 0.15) is 5.75 Å². The van der Waals surface area contributed by atoms with E-state index in [2.05, 4.69) is 16.3 Å². The molecule has 0 radical (unpaired) electrons. The van der Waals surface area contributed by atoms with Crippen molar-refractivity contribution in [2.45, 2.75) is 45.3 Å². The van der Waals surface area contributed by atoms with Crippen LogP contribution in [-0.4, -0.2) is 48.6 Å². The second-order valence-corrected chi connectivity index (χ2v) is 9.85. The minimum absolute atomic E-state index is 0.125. The molecular weight excluding hydrogens is 445 g/mol. The lowest BCUT2D eigenvalue weighted by Crippen LogP contribution is -2.43. The summed E-state index contributed by atoms with van der Waals surface area (Å²) in [6.45, 7) is 5.82. The van der Waals surface area contributed by atoms with E-state index in [0.717, 1.165) is 60.1 Å². The van der Waals surface area contributed by atoms with E-state index in [1.165, 1.54) is 12.8 Å². The van der Waals surface area contributed by atoms with Gasteiger partial charge >= 0.3 is 6.03 Å². The Labute approximate surface area is 200 Å². The van der Waals surface area contributed by atoms with Gasteiger partial charge in [0.05, 0.1) is 6.10 Å². The van der Waals surface area contributed by atoms with Crippen molar-refractivity contribution < 1.29 is 9.53 Å². The number of hydrogen-bond acceptors (Lipinski definition) is 3. The molecule has 2 amide bonds. The van der Waals surface area contributed by atoms with Gasteiger partial charge in [-0.25, -0.2) is 4.79 Å². The summed E-state index contributed by atoms with van der Waals surface area (Å²) in [6, 6.07) is 11.4. The third kappa shape index (κ3) is 5.69. The summed E-state index contributed by atoms with van der Waals surface area (Å²) in [7, 11) is 1.82. The second kappa shape index (κ2) is 10.3. The van der Waals surface area contributed by atoms with E-state index in [0.29, 0.717) is 17.5 Å². The van der Waals surface area contributed by atoms with Gasteiger partial charge in [-0.2, -0.15) is 0 Å². The zero-order valence-corrected chi connectivity index (χ0v) is 20.3. The Morgan fingerprint density at radius 3 is 2.62 bits per heavy atom. The summed E-state index contributed by atoms with van der Waals surface area (Å²) in [5, 5.41) is 4.37. The van der Waals surface area contributed by atoms with E-state index < -0.39 is 0 Å². The summed E-state index contributed by atoms with van der Waals surface area (Å²) in [5.74, 6) is 1.26. The fraction of sp³-hybridized carbons (Fsp3) is 0.480. The van der Waals surface area contributed by atoms with Crippen LogP contribution in [0.1, 0.15) is 36.8 Å². The first-order chi connectivity index (χ1) is 15.4. The van der Waals surface area contributed by atoms with Crippen LogP contribution in [0.15, 0.2) is 36.4 Å². The topological polar surface area (TPSA) is 44.8 Å². The molecule has 1 saturated heterocycles. The number of nitrogens with zero attached hydrogens (tertiary/aromatic N) is 2. The third-order valence-corrected chi connectivity index (χ3v) is 7.26. The van der Waals surface area contributed by atoms with Gasteiger partial charge in [-0.1, -0.05) is 35.3 Å². The van der Waals surface area contributed by atoms with E-state index in [4.69, 9.17) is 27.9 Å². The zero-order chi connectivity index (χ0) is 22.7. The van der Waals surface area contributed by atoms with Gasteiger partial charge in [0.2, 0.25) is 0 Å². The molecule has 0 atom stereocenters. The van der Waals surface area contributed by atoms with E-state index >= 15 is 0 Å². The molecule has 1 saturated carbocycles. The molecule has 1 N–H and O–H groups in total. The van der Waals surface area contributed by atoms with Crippen molar-refractivity contribution in [2.75, 3.05) is 32.0 Å². The number of carbonyl (C=O) groups excluding carboxylic acids is 1. The number of carbonyl (C=O) groups is 1. The van der Waals surface area contributed by atoms with E-state index in [1.54, 1.807) is 4.90 Å². The van der Waals surface area contributed by atoms with Crippen LogP contribution >= 0.6 is 23.2 Å². The monoisotopic (exact) mass is 475 g/mol. The number of anilines is 1. The molecular formula is C25H31Cl2N3O2. The standard InChI is InChI=1S/C25H31Cl2N3O2/c1-17-22(26)6-5-7-24(17)28-25(31)29(2)15-18-12-21(13-18)32-20-9-8-19(23(27)14-20)16-30-10-3-4-11-30/h5-9,14,18,21H,3-4,10-13,15-16H2,1-2H3,(H,28,31). The number of likely N-dealkylation sites (tertiary alicyclic amines) is 1. The number of rotatable bonds is 7. The Bertz CT molecular complexity index is 956. The Hall–Kier alpha value is -1.95. The van der Waals surface area contributed by atoms with Gasteiger partial charge in [0.15, 0.2) is 0 Å². The average molecular weight is 476 g/mol. The molecule has 2 aromatic rings. The number of halogens is 2. The molecule has 0 aromatic heterocycles. The lowest BCUT2D eigenvalue weighted by molar-refractivity contribution is 0.0532. The van der Waals surface area contributed by atoms with E-state index in [9.17, 15) is 4.79 Å². The van der Waals surface area contributed by atoms with Crippen molar-refractivity contribution in [3.63, 3.8) is 0 Å². The molecule has 7 heteroatoms. The van der Waals surface area contributed by atoms with Crippen molar-refractivity contribution in [3.8, 4) is 5.75 Å². The first-order valence-corrected chi connectivity index (χ1v) is 12.1. The highest BCUT2D eigenvalue weighted by Crippen LogP contribution is 2.34. The smallest absolute Gasteiger partial charge is 0.321 e. The fourth-order valence-corrected chi connectivity index (χ4v) is 4.85. The summed E-state index contributed by atoms with van der Waals surface area (Å²) in [4.78, 5) is 16.7. The molecule has 172 valence electrons. The number of benzene rings is 2. The Morgan fingerprint density at radius 2 is 1.91 bits per heavy atom. The highest BCUT2D eigenvalue weighted by atomic mass is 35.5. The summed E-state index contributed by atoms with van der Waals surface area (Å²) >= 11 is 12.6. The van der Waals surface area contributed by atoms with Crippen molar-refractivity contribution in [3.05, 3.63) is 57.6 Å². The van der Waals surface area contributed by atoms with Crippen LogP contribution in [-0.2, 0) is 6.54 Å². The molecule has 2 aliphatic rings. The number of hydrogen-bond donors (Lipinski definition) is 1. The van der Waals surface area contributed by atoms with Gasteiger partial charge in [0, 0.05) is 35.9 Å². The minimum Gasteiger partial charge on any atom is -0.490 e. The van der Waals surface area contributed by atoms with E-state index in [-0.39, 0.29) is 12.1 Å². The second-order valence-electron chi connectivity index (χ2n) is 9.04. The number of urea groups is 1. The van der Waals surface area contributed by atoms with Gasteiger partial charge in [0.25, 0.3) is 0 Å². The average Bonchev–Trinajstić information content (AvgIpc) is 3.24. The summed E-state index contributed by atoms with van der Waals surface area (Å²) in [5.41, 5.74) is 2.78. The normalized spacial score (nSPS) is 20.6. The van der Waals surface area contributed by atoms with Crippen LogP contribution in [0.4, 0.5) is 10.5 Å². The third-order valence-electron chi connectivity index (χ3n) is 6.50. The maximum atomic E-state index is 12.5. The molecule has 5 nitrogen and oxygen atoms in total. The maximum Gasteiger partial charge on any atom is 0.321 e. The van der Waals surface area contributed by atoms with Crippen molar-refractivity contribution in [1.82, 2.24) is 9.80 Å². The number of amides is 2. The van der Waals surface area contributed by atoms with Crippen LogP contribution < -0.4 is 10.1 Å². The molecule has 32 heavy (non-hydrogen) atoms. The van der Waals surface area contributed by atoms with Crippen molar-refractivity contribution in [2.24, 2.45) is 5.92 Å². The minimum atomic E-state index is -0.125. The van der Waals surface area contributed by atoms with Crippen LogP contribution in [0, 0.1) is 12.8 Å². The lowest BCUT2D eigenvalue weighted by Gasteiger charge is -2.37. The molecule has 0 unspecified atom stereocenters. The lowest BCUT2D eigenvalue weighted by atomic mass is 9.82. The Balaban J connectivity index is 1.21. The molecule has 0 spiro atoms. The van der Waals surface area contributed by atoms with Crippen LogP contribution in [0.5, 0.6) is 5.75 Å². The number of nitrogens with one attached hydrogen (secondary N) is 1. The molecule has 4 rings (SSSR count). The van der Waals surface area contributed by atoms with Crippen LogP contribution in [0.2, 0.25) is 10.0 Å². The van der Waals surface area contributed by atoms with Gasteiger partial charge in [-0.05, 0) is 87.0 Å². The largest absolute Gasteiger partial charge is 0.490 e. The first-order valence-electron chi connectivity index (χ1n) is 11.3. The van der Waals surface area contributed by atoms with Crippen molar-refractivity contribution >= 4 is 34.9 Å². The molecule has 2 fully saturated rings. The maximum absolute atomic E-state index is 12.5. The van der Waals surface area contributed by atoms with Gasteiger partial charge < -0.3 is 15.0 Å². The van der Waals surface area contributed by atoms with Gasteiger partial charge in [-0.3, -0.25) is 4.90 Å². The molecule has 1 aliphatic carbocycles. The molecule has 0 bridgehead atoms. The predicted octanol–water partition coefficient (Wildman–Crippen LogP) is 6.22. The predicted molar refractivity (Wildman–Crippen MR) is 131 cm³/mol. The Kier molecular flexibility index (Phi) is 7.49. The number of ether oxygens (including phenoxy) is 1. The highest BCUT2D eigenvalue weighted by Gasteiger charge is 2.32. The fourth-order valence-electron chi connectivity index (χ4n) is 4.45. The summed E-state index contributed by atoms with van der Waals surface area (Å²) in [6.07, 6.45) is 4.59. The van der Waals surface area contributed by atoms with Crippen molar-refractivity contribution in [1.29, 1.82) is 0 Å². The molecule has 1 heterocycles. The van der Waals surface area contributed by atoms with Crippen LogP contribution in [0.25, 0.3) is 0 Å². The summed E-state index contributed by atoms with van der Waals surface area (Å²) < 4.78 is 6.12.